The van der Waals surface area contributed by atoms with Crippen molar-refractivity contribution in [2.75, 3.05) is 20.3 Å². The number of hydrogen-bond acceptors (Lipinski definition) is 3. The summed E-state index contributed by atoms with van der Waals surface area (Å²) in [5, 5.41) is 8.70. The molecule has 0 aliphatic carbocycles. The van der Waals surface area contributed by atoms with Gasteiger partial charge in [-0.25, -0.2) is 0 Å². The molecule has 1 amide bonds. The number of aromatic nitrogens is 2. The van der Waals surface area contributed by atoms with Gasteiger partial charge in [-0.15, -0.1) is 0 Å². The van der Waals surface area contributed by atoms with E-state index in [9.17, 15) is 4.79 Å². The van der Waals surface area contributed by atoms with Crippen LogP contribution in [-0.2, 0) is 16.1 Å². The third-order valence-corrected chi connectivity index (χ3v) is 3.02. The molecule has 2 aromatic rings. The van der Waals surface area contributed by atoms with Gasteiger partial charge >= 0.3 is 0 Å². The Morgan fingerprint density at radius 1 is 1.53 bits per heavy atom. The minimum atomic E-state index is -0.00494. The van der Waals surface area contributed by atoms with Crippen LogP contribution in [0.2, 0.25) is 5.02 Å². The van der Waals surface area contributed by atoms with Crippen molar-refractivity contribution in [2.24, 2.45) is 0 Å². The van der Waals surface area contributed by atoms with E-state index >= 15 is 0 Å². The predicted octanol–water partition coefficient (Wildman–Crippen LogP) is 1.84. The molecule has 1 N–H and O–H groups in total. The van der Waals surface area contributed by atoms with Gasteiger partial charge in [0.25, 0.3) is 0 Å². The zero-order valence-corrected chi connectivity index (χ0v) is 11.5. The van der Waals surface area contributed by atoms with Crippen LogP contribution < -0.4 is 5.32 Å². The molecule has 0 atom stereocenters. The predicted molar refractivity (Wildman–Crippen MR) is 74.2 cm³/mol. The Labute approximate surface area is 116 Å². The van der Waals surface area contributed by atoms with E-state index in [1.165, 1.54) is 0 Å². The van der Waals surface area contributed by atoms with E-state index in [2.05, 4.69) is 10.4 Å². The number of halogens is 1. The highest BCUT2D eigenvalue weighted by atomic mass is 35.5. The van der Waals surface area contributed by atoms with Crippen molar-refractivity contribution in [1.29, 1.82) is 0 Å². The van der Waals surface area contributed by atoms with Gasteiger partial charge in [-0.2, -0.15) is 5.10 Å². The van der Waals surface area contributed by atoms with E-state index in [4.69, 9.17) is 16.3 Å². The lowest BCUT2D eigenvalue weighted by atomic mass is 10.2. The molecule has 5 nitrogen and oxygen atoms in total. The number of hydrogen-bond donors (Lipinski definition) is 1. The summed E-state index contributed by atoms with van der Waals surface area (Å²) in [6.07, 6.45) is 2.15. The first kappa shape index (κ1) is 13.8. The Kier molecular flexibility index (Phi) is 4.76. The number of nitrogens with one attached hydrogen (secondary N) is 1. The molecule has 19 heavy (non-hydrogen) atoms. The van der Waals surface area contributed by atoms with E-state index in [1.807, 2.05) is 22.9 Å². The van der Waals surface area contributed by atoms with Crippen LogP contribution in [0, 0.1) is 0 Å². The second-order valence-electron chi connectivity index (χ2n) is 4.16. The van der Waals surface area contributed by atoms with Crippen LogP contribution in [0.15, 0.2) is 24.4 Å². The molecule has 1 heterocycles. The van der Waals surface area contributed by atoms with E-state index in [0.29, 0.717) is 31.1 Å². The second kappa shape index (κ2) is 6.54. The highest BCUT2D eigenvalue weighted by Gasteiger charge is 2.06. The summed E-state index contributed by atoms with van der Waals surface area (Å²) in [7, 11) is 1.60. The van der Waals surface area contributed by atoms with Crippen molar-refractivity contribution in [2.45, 2.75) is 13.0 Å². The maximum atomic E-state index is 11.6. The molecule has 0 fully saturated rings. The van der Waals surface area contributed by atoms with Crippen molar-refractivity contribution in [3.63, 3.8) is 0 Å². The summed E-state index contributed by atoms with van der Waals surface area (Å²) in [5.41, 5.74) is 0.981. The molecule has 0 radical (unpaired) electrons. The van der Waals surface area contributed by atoms with Crippen LogP contribution in [0.5, 0.6) is 0 Å². The molecule has 0 aliphatic heterocycles. The number of carbonyl (C=O) groups is 1. The van der Waals surface area contributed by atoms with Crippen LogP contribution in [0.3, 0.4) is 0 Å². The summed E-state index contributed by atoms with van der Waals surface area (Å²) in [4.78, 5) is 11.6. The topological polar surface area (TPSA) is 56.1 Å². The lowest BCUT2D eigenvalue weighted by Crippen LogP contribution is -2.27. The third-order valence-electron chi connectivity index (χ3n) is 2.78. The lowest BCUT2D eigenvalue weighted by molar-refractivity contribution is -0.121. The average molecular weight is 282 g/mol. The molecule has 0 aliphatic rings. The largest absolute Gasteiger partial charge is 0.383 e. The number of methoxy groups -OCH3 is 1. The molecule has 0 spiro atoms. The van der Waals surface area contributed by atoms with E-state index in [-0.39, 0.29) is 5.91 Å². The molecule has 6 heteroatoms. The fraction of sp³-hybridized carbons (Fsp3) is 0.385. The van der Waals surface area contributed by atoms with Gasteiger partial charge in [-0.3, -0.25) is 9.48 Å². The summed E-state index contributed by atoms with van der Waals surface area (Å²) in [6.45, 7) is 1.60. The SMILES string of the molecule is COCCNC(=O)CCn1ncc2cc(Cl)ccc21. The minimum absolute atomic E-state index is 0.00494. The molecule has 1 aromatic heterocycles. The number of nitrogens with zero attached hydrogens (tertiary/aromatic N) is 2. The lowest BCUT2D eigenvalue weighted by Gasteiger charge is -2.05. The molecule has 0 saturated heterocycles. The van der Waals surface area contributed by atoms with Gasteiger partial charge in [-0.05, 0) is 18.2 Å². The van der Waals surface area contributed by atoms with Crippen molar-refractivity contribution < 1.29 is 9.53 Å². The fourth-order valence-electron chi connectivity index (χ4n) is 1.82. The van der Waals surface area contributed by atoms with Crippen molar-refractivity contribution in [1.82, 2.24) is 15.1 Å². The van der Waals surface area contributed by atoms with Gasteiger partial charge in [0, 0.05) is 30.5 Å². The van der Waals surface area contributed by atoms with Gasteiger partial charge in [0.2, 0.25) is 5.91 Å². The molecule has 0 saturated carbocycles. The Morgan fingerprint density at radius 2 is 2.37 bits per heavy atom. The first-order valence-electron chi connectivity index (χ1n) is 6.07. The van der Waals surface area contributed by atoms with Gasteiger partial charge in [0.15, 0.2) is 0 Å². The number of benzene rings is 1. The van der Waals surface area contributed by atoms with Crippen LogP contribution in [0.1, 0.15) is 6.42 Å². The molecule has 1 aromatic carbocycles. The Bertz CT molecular complexity index is 568. The monoisotopic (exact) mass is 281 g/mol. The molecular formula is C13H16ClN3O2. The maximum Gasteiger partial charge on any atom is 0.221 e. The summed E-state index contributed by atoms with van der Waals surface area (Å²) < 4.78 is 6.67. The Morgan fingerprint density at radius 3 is 3.16 bits per heavy atom. The Balaban J connectivity index is 1.93. The minimum Gasteiger partial charge on any atom is -0.383 e. The first-order chi connectivity index (χ1) is 9.20. The first-order valence-corrected chi connectivity index (χ1v) is 6.45. The molecule has 102 valence electrons. The van der Waals surface area contributed by atoms with Crippen molar-refractivity contribution in [3.8, 4) is 0 Å². The number of aryl methyl sites for hydroxylation is 1. The van der Waals surface area contributed by atoms with Crippen LogP contribution in [-0.4, -0.2) is 35.9 Å². The fourth-order valence-corrected chi connectivity index (χ4v) is 2.01. The number of rotatable bonds is 6. The number of carbonyl (C=O) groups excluding carboxylic acids is 1. The zero-order chi connectivity index (χ0) is 13.7. The van der Waals surface area contributed by atoms with Crippen molar-refractivity contribution in [3.05, 3.63) is 29.4 Å². The van der Waals surface area contributed by atoms with E-state index in [1.54, 1.807) is 13.3 Å². The van der Waals surface area contributed by atoms with Crippen LogP contribution in [0.4, 0.5) is 0 Å². The van der Waals surface area contributed by atoms with Gasteiger partial charge in [-0.1, -0.05) is 11.6 Å². The Hall–Kier alpha value is -1.59. The molecule has 0 bridgehead atoms. The normalized spacial score (nSPS) is 10.8. The molecule has 0 unspecified atom stereocenters. The third kappa shape index (κ3) is 3.68. The number of fused-ring (bicyclic) bond motifs is 1. The maximum absolute atomic E-state index is 11.6. The highest BCUT2D eigenvalue weighted by Crippen LogP contribution is 2.18. The average Bonchev–Trinajstić information content (AvgIpc) is 2.79. The van der Waals surface area contributed by atoms with Gasteiger partial charge in [0.05, 0.1) is 24.9 Å². The summed E-state index contributed by atoms with van der Waals surface area (Å²) in [6, 6.07) is 5.59. The quantitative estimate of drug-likeness (QED) is 0.822. The summed E-state index contributed by atoms with van der Waals surface area (Å²) >= 11 is 5.91. The van der Waals surface area contributed by atoms with Gasteiger partial charge in [0.1, 0.15) is 0 Å². The highest BCUT2D eigenvalue weighted by molar-refractivity contribution is 6.31. The molecule has 2 rings (SSSR count). The van der Waals surface area contributed by atoms with Crippen LogP contribution in [0.25, 0.3) is 10.9 Å². The standard InChI is InChI=1S/C13H16ClN3O2/c1-19-7-5-15-13(18)4-6-17-12-3-2-11(14)8-10(12)9-16-17/h2-3,8-9H,4-7H2,1H3,(H,15,18). The van der Waals surface area contributed by atoms with Crippen molar-refractivity contribution >= 4 is 28.4 Å². The summed E-state index contributed by atoms with van der Waals surface area (Å²) in [5.74, 6) is -0.00494. The number of amides is 1. The molecular weight excluding hydrogens is 266 g/mol. The number of ether oxygens (including phenoxy) is 1. The zero-order valence-electron chi connectivity index (χ0n) is 10.7. The van der Waals surface area contributed by atoms with E-state index in [0.717, 1.165) is 10.9 Å². The van der Waals surface area contributed by atoms with Gasteiger partial charge < -0.3 is 10.1 Å². The second-order valence-corrected chi connectivity index (χ2v) is 4.60. The van der Waals surface area contributed by atoms with E-state index < -0.39 is 0 Å². The smallest absolute Gasteiger partial charge is 0.221 e. The van der Waals surface area contributed by atoms with Crippen LogP contribution >= 0.6 is 11.6 Å².